The lowest BCUT2D eigenvalue weighted by Gasteiger charge is -2.15. The zero-order chi connectivity index (χ0) is 14.3. The van der Waals surface area contributed by atoms with E-state index in [9.17, 15) is 9.59 Å². The van der Waals surface area contributed by atoms with E-state index < -0.39 is 0 Å². The minimum Gasteiger partial charge on any atom is -0.459 e. The minimum atomic E-state index is -0.297. The molecule has 106 valence electrons. The molecule has 1 aromatic rings. The van der Waals surface area contributed by atoms with E-state index in [1.807, 2.05) is 0 Å². The lowest BCUT2D eigenvalue weighted by Crippen LogP contribution is -2.38. The van der Waals surface area contributed by atoms with Crippen LogP contribution in [0.5, 0.6) is 0 Å². The van der Waals surface area contributed by atoms with Crippen molar-refractivity contribution in [2.24, 2.45) is 0 Å². The predicted molar refractivity (Wildman–Crippen MR) is 69.9 cm³/mol. The van der Waals surface area contributed by atoms with Crippen LogP contribution >= 0.6 is 0 Å². The molecule has 0 saturated carbocycles. The second-order valence-electron chi connectivity index (χ2n) is 4.29. The Labute approximate surface area is 112 Å². The van der Waals surface area contributed by atoms with Crippen LogP contribution < -0.4 is 5.32 Å². The molecule has 0 aliphatic heterocycles. The number of hydrogen-bond acceptors (Lipinski definition) is 4. The summed E-state index contributed by atoms with van der Waals surface area (Å²) in [6, 6.07) is 1.71. The highest BCUT2D eigenvalue weighted by Gasteiger charge is 2.19. The van der Waals surface area contributed by atoms with E-state index in [4.69, 9.17) is 9.15 Å². The number of ether oxygens (including phenoxy) is 1. The fourth-order valence-electron chi connectivity index (χ4n) is 1.55. The summed E-state index contributed by atoms with van der Waals surface area (Å²) in [6.45, 7) is 2.93. The molecular formula is C13H20N2O4. The first-order chi connectivity index (χ1) is 9.06. The van der Waals surface area contributed by atoms with Crippen molar-refractivity contribution in [3.8, 4) is 0 Å². The normalized spacial score (nSPS) is 10.3. The Kier molecular flexibility index (Phi) is 6.08. The number of amides is 2. The summed E-state index contributed by atoms with van der Waals surface area (Å²) in [4.78, 5) is 24.9. The van der Waals surface area contributed by atoms with Crippen LogP contribution in [-0.4, -0.2) is 50.6 Å². The third-order valence-corrected chi connectivity index (χ3v) is 2.63. The summed E-state index contributed by atoms with van der Waals surface area (Å²) in [5, 5.41) is 2.72. The average Bonchev–Trinajstić information content (AvgIpc) is 2.80. The topological polar surface area (TPSA) is 71.8 Å². The lowest BCUT2D eigenvalue weighted by atomic mass is 10.2. The van der Waals surface area contributed by atoms with Gasteiger partial charge in [0, 0.05) is 32.9 Å². The van der Waals surface area contributed by atoms with Gasteiger partial charge in [0.1, 0.15) is 0 Å². The molecule has 6 heteroatoms. The van der Waals surface area contributed by atoms with Crippen LogP contribution in [-0.2, 0) is 9.53 Å². The van der Waals surface area contributed by atoms with Crippen LogP contribution in [0.4, 0.5) is 0 Å². The van der Waals surface area contributed by atoms with Gasteiger partial charge in [0.05, 0.1) is 12.8 Å². The number of nitrogens with one attached hydrogen (secondary N) is 1. The molecule has 0 spiro atoms. The molecule has 1 N–H and O–H groups in total. The molecule has 0 atom stereocenters. The van der Waals surface area contributed by atoms with Gasteiger partial charge in [-0.25, -0.2) is 0 Å². The van der Waals surface area contributed by atoms with E-state index in [-0.39, 0.29) is 24.1 Å². The average molecular weight is 268 g/mol. The number of nitrogens with zero attached hydrogens (tertiary/aromatic N) is 1. The fraction of sp³-hybridized carbons (Fsp3) is 0.538. The maximum absolute atomic E-state index is 12.0. The van der Waals surface area contributed by atoms with Crippen molar-refractivity contribution >= 4 is 11.8 Å². The van der Waals surface area contributed by atoms with Gasteiger partial charge in [-0.2, -0.15) is 0 Å². The quantitative estimate of drug-likeness (QED) is 0.743. The molecule has 0 radical (unpaired) electrons. The third-order valence-electron chi connectivity index (χ3n) is 2.63. The third kappa shape index (κ3) is 4.75. The lowest BCUT2D eigenvalue weighted by molar-refractivity contribution is -0.121. The molecule has 1 aromatic heterocycles. The Morgan fingerprint density at radius 1 is 1.47 bits per heavy atom. The SMILES string of the molecule is COCCCNC(=O)CN(C)C(=O)c1occc1C. The van der Waals surface area contributed by atoms with Gasteiger partial charge in [-0.1, -0.05) is 0 Å². The van der Waals surface area contributed by atoms with Gasteiger partial charge >= 0.3 is 0 Å². The van der Waals surface area contributed by atoms with Crippen LogP contribution in [0.1, 0.15) is 22.5 Å². The first-order valence-electron chi connectivity index (χ1n) is 6.11. The minimum absolute atomic E-state index is 0.00591. The summed E-state index contributed by atoms with van der Waals surface area (Å²) in [6.07, 6.45) is 2.21. The predicted octanol–water partition coefficient (Wildman–Crippen LogP) is 0.813. The number of aryl methyl sites for hydroxylation is 1. The highest BCUT2D eigenvalue weighted by Crippen LogP contribution is 2.10. The second-order valence-corrected chi connectivity index (χ2v) is 4.29. The van der Waals surface area contributed by atoms with Gasteiger partial charge in [-0.15, -0.1) is 0 Å². The molecule has 0 bridgehead atoms. The second kappa shape index (κ2) is 7.58. The van der Waals surface area contributed by atoms with Crippen LogP contribution in [0.25, 0.3) is 0 Å². The first-order valence-corrected chi connectivity index (χ1v) is 6.11. The van der Waals surface area contributed by atoms with Crippen molar-refractivity contribution in [1.82, 2.24) is 10.2 Å². The van der Waals surface area contributed by atoms with Gasteiger partial charge in [0.25, 0.3) is 5.91 Å². The molecule has 1 heterocycles. The highest BCUT2D eigenvalue weighted by atomic mass is 16.5. The van der Waals surface area contributed by atoms with E-state index in [1.165, 1.54) is 11.2 Å². The van der Waals surface area contributed by atoms with Crippen molar-refractivity contribution in [2.45, 2.75) is 13.3 Å². The molecule has 0 saturated heterocycles. The summed E-state index contributed by atoms with van der Waals surface area (Å²) < 4.78 is 9.98. The number of rotatable bonds is 7. The summed E-state index contributed by atoms with van der Waals surface area (Å²) in [7, 11) is 3.18. The van der Waals surface area contributed by atoms with Gasteiger partial charge in [-0.3, -0.25) is 9.59 Å². The monoisotopic (exact) mass is 268 g/mol. The Morgan fingerprint density at radius 2 is 2.21 bits per heavy atom. The van der Waals surface area contributed by atoms with Gasteiger partial charge in [-0.05, 0) is 19.4 Å². The molecular weight excluding hydrogens is 248 g/mol. The molecule has 2 amide bonds. The zero-order valence-corrected chi connectivity index (χ0v) is 11.6. The maximum atomic E-state index is 12.0. The fourth-order valence-corrected chi connectivity index (χ4v) is 1.55. The van der Waals surface area contributed by atoms with Crippen molar-refractivity contribution in [1.29, 1.82) is 0 Å². The largest absolute Gasteiger partial charge is 0.459 e. The molecule has 0 unspecified atom stereocenters. The van der Waals surface area contributed by atoms with Crippen molar-refractivity contribution in [3.63, 3.8) is 0 Å². The molecule has 0 fully saturated rings. The molecule has 0 aromatic carbocycles. The van der Waals surface area contributed by atoms with Crippen molar-refractivity contribution in [2.75, 3.05) is 33.9 Å². The van der Waals surface area contributed by atoms with Gasteiger partial charge in [0.2, 0.25) is 5.91 Å². The molecule has 1 rings (SSSR count). The zero-order valence-electron chi connectivity index (χ0n) is 11.6. The van der Waals surface area contributed by atoms with Gasteiger partial charge in [0.15, 0.2) is 5.76 Å². The number of furan rings is 1. The van der Waals surface area contributed by atoms with Crippen LogP contribution in [0.15, 0.2) is 16.7 Å². The number of likely N-dealkylation sites (N-methyl/N-ethyl adjacent to an activating group) is 1. The van der Waals surface area contributed by atoms with E-state index in [2.05, 4.69) is 5.32 Å². The van der Waals surface area contributed by atoms with Crippen LogP contribution in [0.3, 0.4) is 0 Å². The molecule has 0 aliphatic rings. The van der Waals surface area contributed by atoms with E-state index in [0.29, 0.717) is 13.2 Å². The van der Waals surface area contributed by atoms with E-state index in [0.717, 1.165) is 12.0 Å². The van der Waals surface area contributed by atoms with Gasteiger partial charge < -0.3 is 19.4 Å². The summed E-state index contributed by atoms with van der Waals surface area (Å²) >= 11 is 0. The molecule has 19 heavy (non-hydrogen) atoms. The highest BCUT2D eigenvalue weighted by molar-refractivity contribution is 5.95. The summed E-state index contributed by atoms with van der Waals surface area (Å²) in [5.41, 5.74) is 0.761. The van der Waals surface area contributed by atoms with Crippen molar-refractivity contribution < 1.29 is 18.7 Å². The maximum Gasteiger partial charge on any atom is 0.290 e. The standard InChI is InChI=1S/C13H20N2O4/c1-10-5-8-19-12(10)13(17)15(2)9-11(16)14-6-4-7-18-3/h5,8H,4,6-7,9H2,1-3H3,(H,14,16). The molecule has 6 nitrogen and oxygen atoms in total. The summed E-state index contributed by atoms with van der Waals surface area (Å²) in [5.74, 6) is -0.222. The number of hydrogen-bond donors (Lipinski definition) is 1. The van der Waals surface area contributed by atoms with E-state index in [1.54, 1.807) is 27.1 Å². The van der Waals surface area contributed by atoms with Crippen molar-refractivity contribution in [3.05, 3.63) is 23.7 Å². The molecule has 0 aliphatic carbocycles. The number of carbonyl (C=O) groups is 2. The van der Waals surface area contributed by atoms with Crippen LogP contribution in [0, 0.1) is 6.92 Å². The number of carbonyl (C=O) groups excluding carboxylic acids is 2. The van der Waals surface area contributed by atoms with E-state index >= 15 is 0 Å². The van der Waals surface area contributed by atoms with Crippen LogP contribution in [0.2, 0.25) is 0 Å². The Hall–Kier alpha value is -1.82. The Balaban J connectivity index is 2.38. The smallest absolute Gasteiger partial charge is 0.290 e. The Morgan fingerprint density at radius 3 is 2.79 bits per heavy atom. The Bertz CT molecular complexity index is 428. The first kappa shape index (κ1) is 15.2. The number of methoxy groups -OCH3 is 1.